The van der Waals surface area contributed by atoms with Gasteiger partial charge >= 0.3 is 5.63 Å². The van der Waals surface area contributed by atoms with Gasteiger partial charge in [0.15, 0.2) is 0 Å². The first-order chi connectivity index (χ1) is 6.25. The van der Waals surface area contributed by atoms with Crippen LogP contribution < -0.4 is 5.63 Å². The first-order valence-corrected chi connectivity index (χ1v) is 3.74. The van der Waals surface area contributed by atoms with Crippen molar-refractivity contribution in [1.29, 1.82) is 0 Å². The normalized spacial score (nSPS) is 10.2. The van der Waals surface area contributed by atoms with E-state index in [1.165, 1.54) is 10.7 Å². The smallest absolute Gasteiger partial charge is 0.338 e. The van der Waals surface area contributed by atoms with Gasteiger partial charge in [-0.25, -0.2) is 9.48 Å². The van der Waals surface area contributed by atoms with E-state index < -0.39 is 0 Å². The van der Waals surface area contributed by atoms with Gasteiger partial charge in [0.2, 0.25) is 0 Å². The summed E-state index contributed by atoms with van der Waals surface area (Å²) in [5, 5.41) is 7.39. The van der Waals surface area contributed by atoms with Gasteiger partial charge in [-0.3, -0.25) is 0 Å². The molecule has 0 aliphatic carbocycles. The Hall–Kier alpha value is -1.91. The first kappa shape index (κ1) is 7.72. The van der Waals surface area contributed by atoms with Crippen molar-refractivity contribution in [3.63, 3.8) is 0 Å². The summed E-state index contributed by atoms with van der Waals surface area (Å²) in [7, 11) is 0. The number of aromatic nitrogens is 3. The Bertz CT molecular complexity index is 458. The summed E-state index contributed by atoms with van der Waals surface area (Å²) < 4.78 is 6.30. The summed E-state index contributed by atoms with van der Waals surface area (Å²) in [4.78, 5) is 11.0. The third-order valence-electron chi connectivity index (χ3n) is 1.57. The molecule has 2 heterocycles. The Labute approximate surface area is 73.6 Å². The molecule has 2 rings (SSSR count). The lowest BCUT2D eigenvalue weighted by molar-refractivity contribution is 0.478. The highest BCUT2D eigenvalue weighted by molar-refractivity contribution is 5.28. The van der Waals surface area contributed by atoms with Gasteiger partial charge in [0.05, 0.1) is 18.1 Å². The second kappa shape index (κ2) is 2.85. The third kappa shape index (κ3) is 1.48. The van der Waals surface area contributed by atoms with Crippen LogP contribution in [0.2, 0.25) is 0 Å². The molecule has 0 unspecified atom stereocenters. The molecule has 0 atom stereocenters. The average Bonchev–Trinajstić information content (AvgIpc) is 2.53. The number of aryl methyl sites for hydroxylation is 1. The zero-order chi connectivity index (χ0) is 9.26. The number of hydrogen-bond acceptors (Lipinski definition) is 4. The molecule has 0 radical (unpaired) electrons. The van der Waals surface area contributed by atoms with Crippen LogP contribution in [0.15, 0.2) is 33.7 Å². The molecule has 2 aromatic heterocycles. The van der Waals surface area contributed by atoms with E-state index in [1.54, 1.807) is 25.4 Å². The molecule has 5 heteroatoms. The Morgan fingerprint density at radius 3 is 2.92 bits per heavy atom. The van der Waals surface area contributed by atoms with Crippen molar-refractivity contribution in [3.05, 3.63) is 40.7 Å². The topological polar surface area (TPSA) is 60.9 Å². The van der Waals surface area contributed by atoms with E-state index in [9.17, 15) is 4.79 Å². The monoisotopic (exact) mass is 177 g/mol. The molecule has 13 heavy (non-hydrogen) atoms. The molecule has 0 fully saturated rings. The number of rotatable bonds is 1. The van der Waals surface area contributed by atoms with E-state index in [2.05, 4.69) is 10.3 Å². The Morgan fingerprint density at radius 1 is 1.46 bits per heavy atom. The van der Waals surface area contributed by atoms with E-state index in [0.717, 1.165) is 0 Å². The fourth-order valence-electron chi connectivity index (χ4n) is 1.07. The molecular weight excluding hydrogens is 170 g/mol. The van der Waals surface area contributed by atoms with E-state index >= 15 is 0 Å². The van der Waals surface area contributed by atoms with Crippen molar-refractivity contribution in [1.82, 2.24) is 15.0 Å². The molecular formula is C8H7N3O2. The number of hydrogen-bond donors (Lipinski definition) is 0. The first-order valence-electron chi connectivity index (χ1n) is 3.74. The minimum Gasteiger partial charge on any atom is -0.428 e. The predicted octanol–water partition coefficient (Wildman–Crippen LogP) is 0.529. The summed E-state index contributed by atoms with van der Waals surface area (Å²) in [5.74, 6) is 0.554. The molecule has 0 spiro atoms. The highest BCUT2D eigenvalue weighted by atomic mass is 16.4. The highest BCUT2D eigenvalue weighted by Gasteiger charge is 2.00. The average molecular weight is 177 g/mol. The van der Waals surface area contributed by atoms with Crippen LogP contribution in [0.5, 0.6) is 0 Å². The summed E-state index contributed by atoms with van der Waals surface area (Å²) in [5.41, 5.74) is 0.275. The summed E-state index contributed by atoms with van der Waals surface area (Å²) in [6.07, 6.45) is 3.21. The van der Waals surface area contributed by atoms with Crippen molar-refractivity contribution in [2.45, 2.75) is 6.92 Å². The van der Waals surface area contributed by atoms with E-state index in [4.69, 9.17) is 4.42 Å². The molecule has 0 bridgehead atoms. The minimum absolute atomic E-state index is 0.384. The quantitative estimate of drug-likeness (QED) is 0.637. The van der Waals surface area contributed by atoms with Crippen LogP contribution in [0.1, 0.15) is 5.76 Å². The maximum absolute atomic E-state index is 11.0. The molecule has 0 aliphatic rings. The van der Waals surface area contributed by atoms with E-state index in [1.807, 2.05) is 0 Å². The zero-order valence-electron chi connectivity index (χ0n) is 6.97. The Morgan fingerprint density at radius 2 is 2.31 bits per heavy atom. The van der Waals surface area contributed by atoms with Crippen LogP contribution in [0.25, 0.3) is 5.69 Å². The van der Waals surface area contributed by atoms with Gasteiger partial charge < -0.3 is 4.42 Å². The van der Waals surface area contributed by atoms with Gasteiger partial charge in [-0.05, 0) is 6.92 Å². The summed E-state index contributed by atoms with van der Waals surface area (Å²) in [6, 6.07) is 3.08. The van der Waals surface area contributed by atoms with Gasteiger partial charge in [-0.15, -0.1) is 5.10 Å². The molecule has 2 aromatic rings. The standard InChI is InChI=1S/C8H7N3O2/c1-6-4-7(5-8(12)13-6)11-3-2-9-10-11/h2-5H,1H3. The van der Waals surface area contributed by atoms with Crippen LogP contribution in [0.3, 0.4) is 0 Å². The maximum atomic E-state index is 11.0. The van der Waals surface area contributed by atoms with Gasteiger partial charge in [0.1, 0.15) is 5.76 Å². The lowest BCUT2D eigenvalue weighted by atomic mass is 10.3. The minimum atomic E-state index is -0.384. The second-order valence-corrected chi connectivity index (χ2v) is 2.59. The van der Waals surface area contributed by atoms with Gasteiger partial charge in [0.25, 0.3) is 0 Å². The molecule has 5 nitrogen and oxygen atoms in total. The van der Waals surface area contributed by atoms with E-state index in [-0.39, 0.29) is 5.63 Å². The molecule has 0 amide bonds. The number of nitrogens with zero attached hydrogens (tertiary/aromatic N) is 3. The molecule has 0 aromatic carbocycles. The van der Waals surface area contributed by atoms with Crippen LogP contribution in [0.4, 0.5) is 0 Å². The summed E-state index contributed by atoms with van der Waals surface area (Å²) in [6.45, 7) is 1.71. The lowest BCUT2D eigenvalue weighted by Crippen LogP contribution is -2.03. The van der Waals surface area contributed by atoms with E-state index in [0.29, 0.717) is 11.4 Å². The highest BCUT2D eigenvalue weighted by Crippen LogP contribution is 2.03. The Kier molecular flexibility index (Phi) is 1.70. The molecule has 0 saturated heterocycles. The Balaban J connectivity index is 2.59. The third-order valence-corrected chi connectivity index (χ3v) is 1.57. The van der Waals surface area contributed by atoms with Gasteiger partial charge in [-0.1, -0.05) is 5.21 Å². The van der Waals surface area contributed by atoms with Crippen molar-refractivity contribution in [3.8, 4) is 5.69 Å². The fraction of sp³-hybridized carbons (Fsp3) is 0.125. The van der Waals surface area contributed by atoms with Crippen molar-refractivity contribution in [2.24, 2.45) is 0 Å². The molecule has 0 saturated carbocycles. The van der Waals surface area contributed by atoms with Crippen LogP contribution in [-0.2, 0) is 0 Å². The van der Waals surface area contributed by atoms with Crippen LogP contribution in [-0.4, -0.2) is 15.0 Å². The summed E-state index contributed by atoms with van der Waals surface area (Å²) >= 11 is 0. The lowest BCUT2D eigenvalue weighted by Gasteiger charge is -1.98. The molecule has 0 N–H and O–H groups in total. The van der Waals surface area contributed by atoms with Gasteiger partial charge in [0, 0.05) is 12.1 Å². The predicted molar refractivity (Wildman–Crippen MR) is 44.6 cm³/mol. The fourth-order valence-corrected chi connectivity index (χ4v) is 1.07. The van der Waals surface area contributed by atoms with Gasteiger partial charge in [-0.2, -0.15) is 0 Å². The van der Waals surface area contributed by atoms with Crippen LogP contribution in [0, 0.1) is 6.92 Å². The largest absolute Gasteiger partial charge is 0.428 e. The molecule has 66 valence electrons. The van der Waals surface area contributed by atoms with Crippen LogP contribution >= 0.6 is 0 Å². The van der Waals surface area contributed by atoms with Crippen molar-refractivity contribution < 1.29 is 4.42 Å². The zero-order valence-corrected chi connectivity index (χ0v) is 6.97. The maximum Gasteiger partial charge on any atom is 0.338 e. The van der Waals surface area contributed by atoms with Crippen molar-refractivity contribution >= 4 is 0 Å². The molecule has 0 aliphatic heterocycles. The van der Waals surface area contributed by atoms with Crippen molar-refractivity contribution in [2.75, 3.05) is 0 Å². The SMILES string of the molecule is Cc1cc(-n2ccnn2)cc(=O)o1. The second-order valence-electron chi connectivity index (χ2n) is 2.59.